The molecule has 3 rings (SSSR count). The number of carbonyl (C=O) groups is 3. The van der Waals surface area contributed by atoms with Crippen molar-refractivity contribution < 1.29 is 53.8 Å². The molecule has 148 valence electrons. The molecule has 1 aromatic heterocycles. The van der Waals surface area contributed by atoms with Gasteiger partial charge in [0.15, 0.2) is 0 Å². The molecule has 2 N–H and O–H groups in total. The summed E-state index contributed by atoms with van der Waals surface area (Å²) >= 11 is 0. The zero-order chi connectivity index (χ0) is 21.0. The third-order valence-corrected chi connectivity index (χ3v) is 3.78. The van der Waals surface area contributed by atoms with E-state index < -0.39 is 17.9 Å². The summed E-state index contributed by atoms with van der Waals surface area (Å²) in [7, 11) is 0. The third kappa shape index (κ3) is 5.76. The van der Waals surface area contributed by atoms with Gasteiger partial charge in [0.1, 0.15) is 5.75 Å². The number of hydrogen-bond acceptors (Lipinski definition) is 7. The fourth-order valence-corrected chi connectivity index (χ4v) is 2.56. The number of anilines is 1. The van der Waals surface area contributed by atoms with Gasteiger partial charge in [-0.2, -0.15) is 0 Å². The Hall–Kier alpha value is -3.01. The van der Waals surface area contributed by atoms with Gasteiger partial charge in [-0.05, 0) is 44.2 Å². The minimum absolute atomic E-state index is 0. The maximum atomic E-state index is 12.3. The second-order valence-corrected chi connectivity index (χ2v) is 6.33. The summed E-state index contributed by atoms with van der Waals surface area (Å²) in [5, 5.41) is 15.9. The zero-order valence-corrected chi connectivity index (χ0v) is 18.6. The molecule has 0 spiro atoms. The van der Waals surface area contributed by atoms with Crippen LogP contribution in [-0.4, -0.2) is 34.0 Å². The fourth-order valence-electron chi connectivity index (χ4n) is 2.56. The number of nitrogens with one attached hydrogen (secondary N) is 2. The quantitative estimate of drug-likeness (QED) is 0.496. The monoisotopic (exact) mass is 416 g/mol. The number of carbonyl (C=O) groups excluding carboxylic acids is 3. The van der Waals surface area contributed by atoms with Crippen molar-refractivity contribution in [1.29, 1.82) is 0 Å². The first-order chi connectivity index (χ1) is 13.8. The Kier molecular flexibility index (Phi) is 7.87. The smallest absolute Gasteiger partial charge is 0.545 e. The molecule has 3 aromatic rings. The number of nitrogens with zero attached hydrogens (tertiary/aromatic N) is 2. The fraction of sp³-hybridized carbons (Fsp3) is 0.150. The number of aromatic nitrogens is 2. The summed E-state index contributed by atoms with van der Waals surface area (Å²) in [6.45, 7) is 3.47. The van der Waals surface area contributed by atoms with Gasteiger partial charge in [0.25, 0.3) is 5.91 Å². The molecule has 2 aromatic carbocycles. The van der Waals surface area contributed by atoms with E-state index in [9.17, 15) is 19.5 Å². The van der Waals surface area contributed by atoms with Crippen LogP contribution < -0.4 is 50.0 Å². The Labute approximate surface area is 194 Å². The van der Waals surface area contributed by atoms with Crippen LogP contribution in [-0.2, 0) is 0 Å². The van der Waals surface area contributed by atoms with Gasteiger partial charge in [-0.25, -0.2) is 4.79 Å². The van der Waals surface area contributed by atoms with Gasteiger partial charge in [-0.3, -0.25) is 20.1 Å². The molecule has 0 fully saturated rings. The van der Waals surface area contributed by atoms with E-state index in [4.69, 9.17) is 4.74 Å². The maximum Gasteiger partial charge on any atom is 1.00 e. The number of ether oxygens (including phenoxy) is 1. The molecular formula is C20H17N4NaO5. The number of urea groups is 1. The van der Waals surface area contributed by atoms with Crippen molar-refractivity contribution in [1.82, 2.24) is 15.3 Å². The molecule has 0 aliphatic heterocycles. The number of imide groups is 1. The van der Waals surface area contributed by atoms with Gasteiger partial charge in [0, 0.05) is 35.3 Å². The Morgan fingerprint density at radius 2 is 1.70 bits per heavy atom. The van der Waals surface area contributed by atoms with E-state index in [2.05, 4.69) is 20.6 Å². The minimum Gasteiger partial charge on any atom is -0.545 e. The van der Waals surface area contributed by atoms with E-state index in [1.54, 1.807) is 26.1 Å². The van der Waals surface area contributed by atoms with Gasteiger partial charge < -0.3 is 20.0 Å². The van der Waals surface area contributed by atoms with Crippen LogP contribution in [0.4, 0.5) is 10.5 Å². The molecule has 10 heteroatoms. The predicted octanol–water partition coefficient (Wildman–Crippen LogP) is -1.25. The second kappa shape index (κ2) is 10.1. The normalized spacial score (nSPS) is 10.2. The zero-order valence-electron chi connectivity index (χ0n) is 16.6. The molecule has 3 amide bonds. The van der Waals surface area contributed by atoms with Crippen molar-refractivity contribution in [2.75, 3.05) is 5.32 Å². The number of carboxylic acids is 1. The van der Waals surface area contributed by atoms with Crippen molar-refractivity contribution in [3.63, 3.8) is 0 Å². The molecule has 9 nitrogen and oxygen atoms in total. The molecule has 1 heterocycles. The van der Waals surface area contributed by atoms with Crippen molar-refractivity contribution in [3.05, 3.63) is 59.9 Å². The van der Waals surface area contributed by atoms with Crippen molar-refractivity contribution in [2.45, 2.75) is 20.0 Å². The first kappa shape index (κ1) is 23.3. The molecule has 0 aliphatic carbocycles. The largest absolute Gasteiger partial charge is 1.00 e. The molecule has 0 unspecified atom stereocenters. The van der Waals surface area contributed by atoms with Gasteiger partial charge in [-0.15, -0.1) is 0 Å². The average molecular weight is 416 g/mol. The number of hydrogen-bond donors (Lipinski definition) is 2. The van der Waals surface area contributed by atoms with E-state index in [1.165, 1.54) is 36.5 Å². The minimum atomic E-state index is -1.40. The van der Waals surface area contributed by atoms with Crippen LogP contribution in [0.25, 0.3) is 11.0 Å². The molecule has 0 atom stereocenters. The Morgan fingerprint density at radius 1 is 1.00 bits per heavy atom. The molecule has 0 radical (unpaired) electrons. The number of amides is 3. The van der Waals surface area contributed by atoms with Crippen molar-refractivity contribution in [3.8, 4) is 5.75 Å². The summed E-state index contributed by atoms with van der Waals surface area (Å²) in [4.78, 5) is 43.9. The van der Waals surface area contributed by atoms with E-state index in [-0.39, 0.29) is 58.2 Å². The first-order valence-corrected chi connectivity index (χ1v) is 8.68. The van der Waals surface area contributed by atoms with E-state index in [1.807, 2.05) is 0 Å². The van der Waals surface area contributed by atoms with Crippen molar-refractivity contribution >= 4 is 34.6 Å². The molecule has 30 heavy (non-hydrogen) atoms. The van der Waals surface area contributed by atoms with Crippen LogP contribution >= 0.6 is 0 Å². The second-order valence-electron chi connectivity index (χ2n) is 6.33. The predicted molar refractivity (Wildman–Crippen MR) is 103 cm³/mol. The average Bonchev–Trinajstić information content (AvgIpc) is 2.67. The van der Waals surface area contributed by atoms with E-state index >= 15 is 0 Å². The Morgan fingerprint density at radius 3 is 2.37 bits per heavy atom. The summed E-state index contributed by atoms with van der Waals surface area (Å²) in [5.74, 6) is -1.97. The van der Waals surface area contributed by atoms with E-state index in [0.717, 1.165) is 0 Å². The number of benzene rings is 2. The summed E-state index contributed by atoms with van der Waals surface area (Å²) in [6.07, 6.45) is 2.76. The third-order valence-electron chi connectivity index (χ3n) is 3.78. The molecule has 0 aliphatic rings. The van der Waals surface area contributed by atoms with Crippen LogP contribution in [0.15, 0.2) is 48.8 Å². The van der Waals surface area contributed by atoms with Crippen molar-refractivity contribution in [2.24, 2.45) is 0 Å². The summed E-state index contributed by atoms with van der Waals surface area (Å²) in [6, 6.07) is 7.87. The molecule has 0 saturated carbocycles. The van der Waals surface area contributed by atoms with E-state index in [0.29, 0.717) is 11.0 Å². The molecule has 0 saturated heterocycles. The van der Waals surface area contributed by atoms with Crippen LogP contribution in [0.5, 0.6) is 5.75 Å². The summed E-state index contributed by atoms with van der Waals surface area (Å²) < 4.78 is 5.45. The van der Waals surface area contributed by atoms with Gasteiger partial charge in [-0.1, -0.05) is 0 Å². The Bertz CT molecular complexity index is 1100. The summed E-state index contributed by atoms with van der Waals surface area (Å²) in [5.41, 5.74) is 1.50. The SMILES string of the molecule is CC(C)Oc1cc(NC(=O)NC(=O)c2ccc3nccnc3c2)ccc1C(=O)[O-].[Na+]. The molecular weight excluding hydrogens is 399 g/mol. The van der Waals surface area contributed by atoms with Crippen LogP contribution in [0.2, 0.25) is 0 Å². The number of aromatic carboxylic acids is 1. The topological polar surface area (TPSA) is 133 Å². The van der Waals surface area contributed by atoms with Crippen LogP contribution in [0, 0.1) is 0 Å². The Balaban J connectivity index is 0.00000320. The number of rotatable bonds is 5. The standard InChI is InChI=1S/C20H18N4O5.Na/c1-11(2)29-17-10-13(4-5-14(17)19(26)27)23-20(28)24-18(25)12-3-6-15-16(9-12)22-8-7-21-15;/h3-11H,1-2H3,(H,26,27)(H2,23,24,25,28);/q;+1/p-1. The van der Waals surface area contributed by atoms with Gasteiger partial charge in [0.2, 0.25) is 0 Å². The van der Waals surface area contributed by atoms with Crippen LogP contribution in [0.3, 0.4) is 0 Å². The van der Waals surface area contributed by atoms with Crippen LogP contribution in [0.1, 0.15) is 34.6 Å². The molecule has 0 bridgehead atoms. The van der Waals surface area contributed by atoms with Gasteiger partial charge >= 0.3 is 35.6 Å². The van der Waals surface area contributed by atoms with Gasteiger partial charge in [0.05, 0.1) is 23.1 Å². The number of fused-ring (bicyclic) bond motifs is 1. The first-order valence-electron chi connectivity index (χ1n) is 8.68. The maximum absolute atomic E-state index is 12.3. The number of carboxylic acid groups (broad SMARTS) is 1.